The van der Waals surface area contributed by atoms with Crippen LogP contribution in [0.5, 0.6) is 0 Å². The molecular formula is C16H20N6O2. The van der Waals surface area contributed by atoms with Gasteiger partial charge in [-0.05, 0) is 6.42 Å². The van der Waals surface area contributed by atoms with Crippen molar-refractivity contribution in [3.8, 4) is 0 Å². The molecule has 2 aromatic rings. The van der Waals surface area contributed by atoms with Crippen LogP contribution in [0.3, 0.4) is 0 Å². The van der Waals surface area contributed by atoms with Crippen molar-refractivity contribution in [1.29, 1.82) is 0 Å². The Hall–Kier alpha value is -2.48. The lowest BCUT2D eigenvalue weighted by Crippen LogP contribution is -2.49. The van der Waals surface area contributed by atoms with E-state index in [1.54, 1.807) is 23.2 Å². The van der Waals surface area contributed by atoms with Gasteiger partial charge in [0, 0.05) is 57.7 Å². The van der Waals surface area contributed by atoms with Crippen LogP contribution in [0.4, 0.5) is 5.69 Å². The Kier molecular flexibility index (Phi) is 3.89. The van der Waals surface area contributed by atoms with E-state index in [0.717, 1.165) is 38.3 Å². The fourth-order valence-electron chi connectivity index (χ4n) is 3.29. The maximum absolute atomic E-state index is 11.8. The molecule has 8 nitrogen and oxygen atoms in total. The van der Waals surface area contributed by atoms with E-state index in [-0.39, 0.29) is 11.5 Å². The van der Waals surface area contributed by atoms with Gasteiger partial charge in [-0.25, -0.2) is 0 Å². The van der Waals surface area contributed by atoms with Crippen LogP contribution in [-0.4, -0.2) is 56.3 Å². The Bertz CT molecular complexity index is 792. The average molecular weight is 328 g/mol. The molecule has 0 saturated carbocycles. The number of nitrogens with zero attached hydrogens (tertiary/aromatic N) is 6. The molecular weight excluding hydrogens is 308 g/mol. The monoisotopic (exact) mass is 328 g/mol. The summed E-state index contributed by atoms with van der Waals surface area (Å²) in [5.74, 6) is 0.188. The maximum Gasteiger partial charge on any atom is 0.269 e. The molecule has 8 heteroatoms. The maximum atomic E-state index is 11.8. The third-order valence-electron chi connectivity index (χ3n) is 4.74. The Morgan fingerprint density at radius 1 is 1.17 bits per heavy atom. The summed E-state index contributed by atoms with van der Waals surface area (Å²) in [5, 5.41) is 4.42. The molecule has 0 radical (unpaired) electrons. The number of hydrogen-bond donors (Lipinski definition) is 0. The molecule has 2 aliphatic heterocycles. The van der Waals surface area contributed by atoms with Gasteiger partial charge in [0.25, 0.3) is 5.56 Å². The molecule has 2 aromatic heterocycles. The molecule has 0 atom stereocenters. The van der Waals surface area contributed by atoms with Crippen LogP contribution in [0.15, 0.2) is 35.8 Å². The summed E-state index contributed by atoms with van der Waals surface area (Å²) in [6.45, 7) is 4.12. The Morgan fingerprint density at radius 2 is 2.04 bits per heavy atom. The van der Waals surface area contributed by atoms with Gasteiger partial charge in [0.2, 0.25) is 5.91 Å². The number of anilines is 1. The fraction of sp³-hybridized carbons (Fsp3) is 0.500. The second kappa shape index (κ2) is 6.20. The van der Waals surface area contributed by atoms with Crippen molar-refractivity contribution in [2.24, 2.45) is 0 Å². The number of carbonyl (C=O) groups excluding carboxylic acids is 1. The van der Waals surface area contributed by atoms with Crippen molar-refractivity contribution >= 4 is 11.6 Å². The number of likely N-dealkylation sites (tertiary alicyclic amines) is 1. The largest absolute Gasteiger partial charge is 0.311 e. The number of aromatic nitrogens is 4. The lowest BCUT2D eigenvalue weighted by molar-refractivity contribution is -0.117. The molecule has 2 aliphatic rings. The molecule has 24 heavy (non-hydrogen) atoms. The van der Waals surface area contributed by atoms with Crippen molar-refractivity contribution in [2.45, 2.75) is 25.4 Å². The highest BCUT2D eigenvalue weighted by atomic mass is 16.2. The highest BCUT2D eigenvalue weighted by Gasteiger charge is 2.30. The van der Waals surface area contributed by atoms with E-state index in [1.165, 1.54) is 6.20 Å². The smallest absolute Gasteiger partial charge is 0.269 e. The van der Waals surface area contributed by atoms with Crippen LogP contribution >= 0.6 is 0 Å². The summed E-state index contributed by atoms with van der Waals surface area (Å²) in [7, 11) is 0. The molecule has 2 fully saturated rings. The summed E-state index contributed by atoms with van der Waals surface area (Å²) >= 11 is 0. The van der Waals surface area contributed by atoms with Gasteiger partial charge < -0.3 is 9.47 Å². The predicted molar refractivity (Wildman–Crippen MR) is 87.8 cm³/mol. The van der Waals surface area contributed by atoms with E-state index in [9.17, 15) is 9.59 Å². The van der Waals surface area contributed by atoms with E-state index in [1.807, 2.05) is 15.8 Å². The van der Waals surface area contributed by atoms with Gasteiger partial charge >= 0.3 is 0 Å². The number of amides is 1. The first-order valence-corrected chi connectivity index (χ1v) is 8.28. The first-order valence-electron chi connectivity index (χ1n) is 8.28. The molecule has 4 rings (SSSR count). The third-order valence-corrected chi connectivity index (χ3v) is 4.74. The molecule has 0 unspecified atom stereocenters. The fourth-order valence-corrected chi connectivity index (χ4v) is 3.29. The van der Waals surface area contributed by atoms with Crippen LogP contribution in [-0.2, 0) is 11.3 Å². The quantitative estimate of drug-likeness (QED) is 0.779. The van der Waals surface area contributed by atoms with E-state index in [0.29, 0.717) is 19.0 Å². The normalized spacial score (nSPS) is 19.0. The summed E-state index contributed by atoms with van der Waals surface area (Å²) in [5.41, 5.74) is 0.834. The highest BCUT2D eigenvalue weighted by Crippen LogP contribution is 2.25. The van der Waals surface area contributed by atoms with Crippen LogP contribution in [0, 0.1) is 0 Å². The molecule has 0 N–H and O–H groups in total. The summed E-state index contributed by atoms with van der Waals surface area (Å²) < 4.78 is 3.63. The molecule has 0 aromatic carbocycles. The molecule has 4 heterocycles. The number of rotatable bonds is 5. The second-order valence-electron chi connectivity index (χ2n) is 6.35. The Morgan fingerprint density at radius 3 is 2.79 bits per heavy atom. The van der Waals surface area contributed by atoms with Gasteiger partial charge in [-0.2, -0.15) is 5.10 Å². The van der Waals surface area contributed by atoms with Gasteiger partial charge in [0.15, 0.2) is 0 Å². The van der Waals surface area contributed by atoms with E-state index >= 15 is 0 Å². The van der Waals surface area contributed by atoms with Crippen molar-refractivity contribution in [2.75, 3.05) is 31.1 Å². The zero-order valence-corrected chi connectivity index (χ0v) is 13.4. The van der Waals surface area contributed by atoms with Gasteiger partial charge in [-0.15, -0.1) is 0 Å². The first-order chi connectivity index (χ1) is 11.7. The van der Waals surface area contributed by atoms with Crippen LogP contribution in [0.2, 0.25) is 0 Å². The van der Waals surface area contributed by atoms with Crippen molar-refractivity contribution in [3.63, 3.8) is 0 Å². The second-order valence-corrected chi connectivity index (χ2v) is 6.35. The minimum Gasteiger partial charge on any atom is -0.311 e. The Labute approximate surface area is 139 Å². The highest BCUT2D eigenvalue weighted by molar-refractivity contribution is 5.95. The van der Waals surface area contributed by atoms with Crippen molar-refractivity contribution < 1.29 is 4.79 Å². The SMILES string of the molecule is O=C1CCCN1c1cnn(C2CN(CCn3ccncc3=O)C2)c1. The average Bonchev–Trinajstić information content (AvgIpc) is 3.16. The predicted octanol–water partition coefficient (Wildman–Crippen LogP) is 0.123. The topological polar surface area (TPSA) is 76.3 Å². The zero-order chi connectivity index (χ0) is 16.5. The first kappa shape index (κ1) is 15.1. The lowest BCUT2D eigenvalue weighted by atomic mass is 10.1. The van der Waals surface area contributed by atoms with E-state index in [2.05, 4.69) is 15.0 Å². The van der Waals surface area contributed by atoms with Crippen LogP contribution in [0.1, 0.15) is 18.9 Å². The molecule has 2 saturated heterocycles. The minimum atomic E-state index is -0.0680. The molecule has 0 bridgehead atoms. The van der Waals surface area contributed by atoms with Crippen LogP contribution in [0.25, 0.3) is 0 Å². The lowest BCUT2D eigenvalue weighted by Gasteiger charge is -2.39. The Balaban J connectivity index is 1.30. The molecule has 126 valence electrons. The molecule has 0 aliphatic carbocycles. The standard InChI is InChI=1S/C16H20N6O2/c23-15-2-1-4-21(15)13-8-18-22(12-13)14-10-19(11-14)6-7-20-5-3-17-9-16(20)24/h3,5,8-9,12,14H,1-2,4,6-7,10-11H2. The number of carbonyl (C=O) groups is 1. The molecule has 1 amide bonds. The van der Waals surface area contributed by atoms with Crippen molar-refractivity contribution in [1.82, 2.24) is 24.2 Å². The van der Waals surface area contributed by atoms with Gasteiger partial charge in [0.05, 0.1) is 24.1 Å². The number of hydrogen-bond acceptors (Lipinski definition) is 5. The minimum absolute atomic E-state index is 0.0680. The van der Waals surface area contributed by atoms with Gasteiger partial charge in [-0.1, -0.05) is 0 Å². The van der Waals surface area contributed by atoms with Gasteiger partial charge in [0.1, 0.15) is 0 Å². The summed E-state index contributed by atoms with van der Waals surface area (Å²) in [4.78, 5) is 31.3. The van der Waals surface area contributed by atoms with Crippen LogP contribution < -0.4 is 10.5 Å². The molecule has 0 spiro atoms. The summed E-state index contributed by atoms with van der Waals surface area (Å²) in [6.07, 6.45) is 9.99. The van der Waals surface area contributed by atoms with E-state index in [4.69, 9.17) is 0 Å². The van der Waals surface area contributed by atoms with E-state index < -0.39 is 0 Å². The summed E-state index contributed by atoms with van der Waals surface area (Å²) in [6, 6.07) is 0.339. The van der Waals surface area contributed by atoms with Crippen molar-refractivity contribution in [3.05, 3.63) is 41.3 Å². The zero-order valence-electron chi connectivity index (χ0n) is 13.4. The third kappa shape index (κ3) is 2.84. The van der Waals surface area contributed by atoms with Gasteiger partial charge in [-0.3, -0.25) is 24.2 Å².